The van der Waals surface area contributed by atoms with Gasteiger partial charge in [0, 0.05) is 13.1 Å². The normalized spacial score (nSPS) is 23.6. The summed E-state index contributed by atoms with van der Waals surface area (Å²) in [7, 11) is 2.02. The minimum atomic E-state index is 0.476. The molecule has 0 radical (unpaired) electrons. The van der Waals surface area contributed by atoms with Gasteiger partial charge in [-0.15, -0.1) is 11.6 Å². The third kappa shape index (κ3) is 2.59. The SMILES string of the molecule is CCc1nn(C)c2c1nc(CCl)n2C1CCCC(C)CC1. The first-order valence-electron chi connectivity index (χ1n) is 8.14. The van der Waals surface area contributed by atoms with Gasteiger partial charge in [-0.05, 0) is 31.6 Å². The minimum absolute atomic E-state index is 0.476. The number of hydrogen-bond donors (Lipinski definition) is 0. The summed E-state index contributed by atoms with van der Waals surface area (Å²) in [5.41, 5.74) is 3.29. The summed E-state index contributed by atoms with van der Waals surface area (Å²) >= 11 is 6.18. The van der Waals surface area contributed by atoms with Gasteiger partial charge in [0.05, 0.1) is 11.6 Å². The molecule has 0 N–H and O–H groups in total. The number of fused-ring (bicyclic) bond motifs is 1. The maximum Gasteiger partial charge on any atom is 0.158 e. The summed E-state index contributed by atoms with van der Waals surface area (Å²) in [6, 6.07) is 0.522. The van der Waals surface area contributed by atoms with Gasteiger partial charge < -0.3 is 4.57 Å². The Hall–Kier alpha value is -1.03. The molecular weight excluding hydrogens is 284 g/mol. The molecule has 0 amide bonds. The minimum Gasteiger partial charge on any atom is -0.309 e. The third-order valence-corrected chi connectivity index (χ3v) is 5.10. The molecule has 1 aliphatic carbocycles. The lowest BCUT2D eigenvalue weighted by atomic mass is 10.0. The molecule has 5 heteroatoms. The molecule has 2 atom stereocenters. The molecule has 0 aromatic carbocycles. The fourth-order valence-corrected chi connectivity index (χ4v) is 3.88. The molecule has 2 unspecified atom stereocenters. The van der Waals surface area contributed by atoms with Crippen LogP contribution in [0.1, 0.15) is 63.5 Å². The van der Waals surface area contributed by atoms with E-state index in [9.17, 15) is 0 Å². The summed E-state index contributed by atoms with van der Waals surface area (Å²) in [6.45, 7) is 4.50. The summed E-state index contributed by atoms with van der Waals surface area (Å²) in [5.74, 6) is 2.32. The second-order valence-electron chi connectivity index (χ2n) is 6.39. The average molecular weight is 309 g/mol. The van der Waals surface area contributed by atoms with Crippen molar-refractivity contribution in [3.63, 3.8) is 0 Å². The maximum absolute atomic E-state index is 6.18. The lowest BCUT2D eigenvalue weighted by molar-refractivity contribution is 0.427. The maximum atomic E-state index is 6.18. The highest BCUT2D eigenvalue weighted by Crippen LogP contribution is 2.34. The van der Waals surface area contributed by atoms with Crippen molar-refractivity contribution in [1.82, 2.24) is 19.3 Å². The Morgan fingerprint density at radius 1 is 1.24 bits per heavy atom. The van der Waals surface area contributed by atoms with Crippen molar-refractivity contribution in [3.8, 4) is 0 Å². The van der Waals surface area contributed by atoms with Crippen molar-refractivity contribution in [3.05, 3.63) is 11.5 Å². The molecular formula is C16H25ClN4. The van der Waals surface area contributed by atoms with E-state index in [0.717, 1.165) is 35.0 Å². The molecule has 0 spiro atoms. The van der Waals surface area contributed by atoms with Crippen molar-refractivity contribution in [2.75, 3.05) is 0 Å². The van der Waals surface area contributed by atoms with Gasteiger partial charge in [-0.25, -0.2) is 4.98 Å². The molecule has 2 aromatic rings. The van der Waals surface area contributed by atoms with Crippen LogP contribution in [0.25, 0.3) is 11.2 Å². The number of aryl methyl sites for hydroxylation is 2. The van der Waals surface area contributed by atoms with Crippen molar-refractivity contribution in [2.45, 2.75) is 64.3 Å². The van der Waals surface area contributed by atoms with Crippen molar-refractivity contribution < 1.29 is 0 Å². The lowest BCUT2D eigenvalue weighted by Crippen LogP contribution is -2.13. The van der Waals surface area contributed by atoms with E-state index in [2.05, 4.69) is 23.5 Å². The number of nitrogens with zero attached hydrogens (tertiary/aromatic N) is 4. The zero-order valence-corrected chi connectivity index (χ0v) is 14.0. The summed E-state index contributed by atoms with van der Waals surface area (Å²) in [6.07, 6.45) is 7.31. The Morgan fingerprint density at radius 3 is 2.76 bits per heavy atom. The summed E-state index contributed by atoms with van der Waals surface area (Å²) < 4.78 is 4.37. The molecule has 0 bridgehead atoms. The Bertz CT molecular complexity index is 628. The van der Waals surface area contributed by atoms with Crippen LogP contribution in [-0.2, 0) is 19.3 Å². The number of imidazole rings is 1. The zero-order valence-electron chi connectivity index (χ0n) is 13.3. The van der Waals surface area contributed by atoms with E-state index in [4.69, 9.17) is 16.6 Å². The van der Waals surface area contributed by atoms with Crippen LogP contribution in [0.3, 0.4) is 0 Å². The molecule has 21 heavy (non-hydrogen) atoms. The largest absolute Gasteiger partial charge is 0.309 e. The standard InChI is InChI=1S/C16H25ClN4/c1-4-13-15-16(20(3)19-13)21(14(10-17)18-15)12-7-5-6-11(2)8-9-12/h11-12H,4-10H2,1-3H3. The number of aromatic nitrogens is 4. The molecule has 1 aliphatic rings. The topological polar surface area (TPSA) is 35.6 Å². The molecule has 0 saturated heterocycles. The fourth-order valence-electron chi connectivity index (χ4n) is 3.69. The second-order valence-corrected chi connectivity index (χ2v) is 6.66. The highest BCUT2D eigenvalue weighted by molar-refractivity contribution is 6.16. The number of hydrogen-bond acceptors (Lipinski definition) is 2. The predicted molar refractivity (Wildman–Crippen MR) is 86.7 cm³/mol. The van der Waals surface area contributed by atoms with Crippen LogP contribution in [0, 0.1) is 5.92 Å². The first-order valence-corrected chi connectivity index (χ1v) is 8.67. The third-order valence-electron chi connectivity index (χ3n) is 4.86. The van der Waals surface area contributed by atoms with Crippen LogP contribution in [0.4, 0.5) is 0 Å². The van der Waals surface area contributed by atoms with E-state index in [1.807, 2.05) is 11.7 Å². The van der Waals surface area contributed by atoms with E-state index >= 15 is 0 Å². The van der Waals surface area contributed by atoms with Crippen molar-refractivity contribution in [1.29, 1.82) is 0 Å². The van der Waals surface area contributed by atoms with Crippen LogP contribution < -0.4 is 0 Å². The van der Waals surface area contributed by atoms with Gasteiger partial charge in [0.25, 0.3) is 0 Å². The van der Waals surface area contributed by atoms with Gasteiger partial charge in [0.15, 0.2) is 5.65 Å². The molecule has 0 aliphatic heterocycles. The summed E-state index contributed by atoms with van der Waals surface area (Å²) in [5, 5.41) is 4.63. The second kappa shape index (κ2) is 5.99. The Kier molecular flexibility index (Phi) is 4.25. The highest BCUT2D eigenvalue weighted by atomic mass is 35.5. The first kappa shape index (κ1) is 14.9. The first-order chi connectivity index (χ1) is 10.2. The zero-order chi connectivity index (χ0) is 15.0. The van der Waals surface area contributed by atoms with Crippen LogP contribution >= 0.6 is 11.6 Å². The average Bonchev–Trinajstić information content (AvgIpc) is 2.92. The van der Waals surface area contributed by atoms with Gasteiger partial charge in [-0.3, -0.25) is 4.68 Å². The van der Waals surface area contributed by atoms with Gasteiger partial charge in [0.1, 0.15) is 11.3 Å². The molecule has 3 rings (SSSR count). The number of halogens is 1. The quantitative estimate of drug-likeness (QED) is 0.629. The monoisotopic (exact) mass is 308 g/mol. The van der Waals surface area contributed by atoms with E-state index in [0.29, 0.717) is 11.9 Å². The van der Waals surface area contributed by atoms with Crippen molar-refractivity contribution in [2.24, 2.45) is 13.0 Å². The molecule has 4 nitrogen and oxygen atoms in total. The number of alkyl halides is 1. The van der Waals surface area contributed by atoms with Crippen molar-refractivity contribution >= 4 is 22.8 Å². The fraction of sp³-hybridized carbons (Fsp3) is 0.750. The molecule has 2 heterocycles. The van der Waals surface area contributed by atoms with Gasteiger partial charge in [-0.2, -0.15) is 5.10 Å². The molecule has 1 saturated carbocycles. The van der Waals surface area contributed by atoms with Crippen LogP contribution in [0.15, 0.2) is 0 Å². The van der Waals surface area contributed by atoms with Crippen LogP contribution in [-0.4, -0.2) is 19.3 Å². The van der Waals surface area contributed by atoms with E-state index < -0.39 is 0 Å². The van der Waals surface area contributed by atoms with Crippen LogP contribution in [0.5, 0.6) is 0 Å². The Morgan fingerprint density at radius 2 is 2.05 bits per heavy atom. The molecule has 1 fully saturated rings. The Labute approximate surface area is 131 Å². The molecule has 116 valence electrons. The highest BCUT2D eigenvalue weighted by Gasteiger charge is 2.25. The number of rotatable bonds is 3. The lowest BCUT2D eigenvalue weighted by Gasteiger charge is -2.19. The van der Waals surface area contributed by atoms with Gasteiger partial charge in [-0.1, -0.05) is 26.7 Å². The van der Waals surface area contributed by atoms with Crippen LogP contribution in [0.2, 0.25) is 0 Å². The van der Waals surface area contributed by atoms with E-state index in [1.165, 1.54) is 32.1 Å². The Balaban J connectivity index is 2.09. The van der Waals surface area contributed by atoms with E-state index in [-0.39, 0.29) is 0 Å². The smallest absolute Gasteiger partial charge is 0.158 e. The van der Waals surface area contributed by atoms with Gasteiger partial charge in [0.2, 0.25) is 0 Å². The molecule has 2 aromatic heterocycles. The van der Waals surface area contributed by atoms with E-state index in [1.54, 1.807) is 0 Å². The van der Waals surface area contributed by atoms with Gasteiger partial charge >= 0.3 is 0 Å². The summed E-state index contributed by atoms with van der Waals surface area (Å²) in [4.78, 5) is 4.80. The predicted octanol–water partition coefficient (Wildman–Crippen LogP) is 4.21.